The lowest BCUT2D eigenvalue weighted by Gasteiger charge is -2.19. The lowest BCUT2D eigenvalue weighted by molar-refractivity contribution is -0.156. The predicted molar refractivity (Wildman–Crippen MR) is 192 cm³/mol. The second-order valence-corrected chi connectivity index (χ2v) is 13.3. The van der Waals surface area contributed by atoms with Crippen LogP contribution in [-0.4, -0.2) is 42.8 Å². The van der Waals surface area contributed by atoms with E-state index in [0.717, 1.165) is 49.0 Å². The SMILES string of the molecule is CCC(C)C(=O)Oc1ccc(OC(=O)c2ccc(-c3ccc(OCCCCCCCCCCCCOC(=O)C(C)(C)CO)cc3)cc2)cc1. The lowest BCUT2D eigenvalue weighted by atomic mass is 9.95. The van der Waals surface area contributed by atoms with E-state index in [-0.39, 0.29) is 24.5 Å². The molecule has 8 heteroatoms. The van der Waals surface area contributed by atoms with Crippen LogP contribution in [-0.2, 0) is 14.3 Å². The van der Waals surface area contributed by atoms with Gasteiger partial charge in [0.1, 0.15) is 17.2 Å². The van der Waals surface area contributed by atoms with Crippen molar-refractivity contribution in [2.45, 2.75) is 98.3 Å². The summed E-state index contributed by atoms with van der Waals surface area (Å²) in [6.45, 7) is 8.06. The normalized spacial score (nSPS) is 11.9. The van der Waals surface area contributed by atoms with Gasteiger partial charge in [0.2, 0.25) is 0 Å². The molecule has 0 fully saturated rings. The number of aliphatic hydroxyl groups excluding tert-OH is 1. The summed E-state index contributed by atoms with van der Waals surface area (Å²) < 4.78 is 22.0. The molecule has 0 heterocycles. The van der Waals surface area contributed by atoms with Crippen molar-refractivity contribution in [1.29, 1.82) is 0 Å². The molecule has 1 N–H and O–H groups in total. The third kappa shape index (κ3) is 14.1. The number of hydrogen-bond acceptors (Lipinski definition) is 8. The summed E-state index contributed by atoms with van der Waals surface area (Å²) in [4.78, 5) is 36.5. The standard InChI is InChI=1S/C41H54O8/c1-5-31(2)38(43)48-36-24-26-37(27-25-36)49-39(44)34-18-16-32(17-19-34)33-20-22-35(23-21-33)46-28-14-12-10-8-6-7-9-11-13-15-29-47-40(45)41(3,4)30-42/h16-27,31,42H,5-15,28-30H2,1-4H3. The van der Waals surface area contributed by atoms with Crippen LogP contribution in [0, 0.1) is 11.3 Å². The molecule has 0 aliphatic heterocycles. The van der Waals surface area contributed by atoms with Crippen molar-refractivity contribution in [3.63, 3.8) is 0 Å². The highest BCUT2D eigenvalue weighted by molar-refractivity contribution is 5.91. The van der Waals surface area contributed by atoms with E-state index in [9.17, 15) is 19.5 Å². The number of benzene rings is 3. The van der Waals surface area contributed by atoms with Gasteiger partial charge in [-0.2, -0.15) is 0 Å². The number of carbonyl (C=O) groups is 3. The topological polar surface area (TPSA) is 108 Å². The summed E-state index contributed by atoms with van der Waals surface area (Å²) in [5.74, 6) is 0.372. The molecule has 1 atom stereocenters. The fourth-order valence-electron chi connectivity index (χ4n) is 4.90. The molecule has 0 saturated heterocycles. The molecule has 0 saturated carbocycles. The van der Waals surface area contributed by atoms with Gasteiger partial charge in [0.25, 0.3) is 0 Å². The molecule has 1 unspecified atom stereocenters. The number of aliphatic hydroxyl groups is 1. The van der Waals surface area contributed by atoms with E-state index in [0.29, 0.717) is 36.7 Å². The van der Waals surface area contributed by atoms with E-state index in [1.54, 1.807) is 50.2 Å². The van der Waals surface area contributed by atoms with Gasteiger partial charge in [-0.05, 0) is 92.8 Å². The minimum absolute atomic E-state index is 0.178. The van der Waals surface area contributed by atoms with Crippen molar-refractivity contribution in [2.24, 2.45) is 11.3 Å². The Balaban J connectivity index is 1.25. The second-order valence-electron chi connectivity index (χ2n) is 13.3. The molecule has 3 aromatic carbocycles. The van der Waals surface area contributed by atoms with Gasteiger partial charge in [-0.25, -0.2) is 4.79 Å². The Labute approximate surface area is 292 Å². The van der Waals surface area contributed by atoms with Crippen molar-refractivity contribution >= 4 is 17.9 Å². The van der Waals surface area contributed by atoms with Crippen molar-refractivity contribution < 1.29 is 38.4 Å². The Morgan fingerprint density at radius 2 is 1.08 bits per heavy atom. The van der Waals surface area contributed by atoms with E-state index in [2.05, 4.69) is 0 Å². The van der Waals surface area contributed by atoms with E-state index < -0.39 is 11.4 Å². The lowest BCUT2D eigenvalue weighted by Crippen LogP contribution is -2.30. The van der Waals surface area contributed by atoms with Crippen LogP contribution in [0.5, 0.6) is 17.2 Å². The van der Waals surface area contributed by atoms with E-state index >= 15 is 0 Å². The molecule has 8 nitrogen and oxygen atoms in total. The van der Waals surface area contributed by atoms with Gasteiger partial charge in [-0.15, -0.1) is 0 Å². The van der Waals surface area contributed by atoms with Gasteiger partial charge < -0.3 is 24.1 Å². The zero-order valence-corrected chi connectivity index (χ0v) is 29.7. The van der Waals surface area contributed by atoms with E-state index in [1.807, 2.05) is 50.2 Å². The van der Waals surface area contributed by atoms with Crippen molar-refractivity contribution in [1.82, 2.24) is 0 Å². The maximum Gasteiger partial charge on any atom is 0.343 e. The molecule has 3 rings (SSSR count). The quantitative estimate of drug-likeness (QED) is 0.0638. The smallest absolute Gasteiger partial charge is 0.343 e. The van der Waals surface area contributed by atoms with Gasteiger partial charge in [0, 0.05) is 0 Å². The predicted octanol–water partition coefficient (Wildman–Crippen LogP) is 9.37. The van der Waals surface area contributed by atoms with Gasteiger partial charge >= 0.3 is 17.9 Å². The van der Waals surface area contributed by atoms with Crippen LogP contribution >= 0.6 is 0 Å². The summed E-state index contributed by atoms with van der Waals surface area (Å²) in [7, 11) is 0. The van der Waals surface area contributed by atoms with Gasteiger partial charge in [0.15, 0.2) is 0 Å². The maximum absolute atomic E-state index is 12.7. The minimum atomic E-state index is -0.818. The van der Waals surface area contributed by atoms with Gasteiger partial charge in [0.05, 0.1) is 36.7 Å². The van der Waals surface area contributed by atoms with Gasteiger partial charge in [-0.3, -0.25) is 9.59 Å². The van der Waals surface area contributed by atoms with Crippen LogP contribution < -0.4 is 14.2 Å². The third-order valence-electron chi connectivity index (χ3n) is 8.56. The summed E-state index contributed by atoms with van der Waals surface area (Å²) in [5, 5.41) is 9.20. The van der Waals surface area contributed by atoms with Crippen LogP contribution in [0.1, 0.15) is 109 Å². The average Bonchev–Trinajstić information content (AvgIpc) is 3.12. The zero-order valence-electron chi connectivity index (χ0n) is 29.7. The van der Waals surface area contributed by atoms with E-state index in [1.165, 1.54) is 32.1 Å². The molecule has 0 aliphatic rings. The van der Waals surface area contributed by atoms with Crippen LogP contribution in [0.15, 0.2) is 72.8 Å². The Kier molecular flexibility index (Phi) is 16.9. The molecule has 49 heavy (non-hydrogen) atoms. The average molecular weight is 675 g/mol. The molecule has 3 aromatic rings. The molecular weight excluding hydrogens is 620 g/mol. The van der Waals surface area contributed by atoms with E-state index in [4.69, 9.17) is 18.9 Å². The first-order chi connectivity index (χ1) is 23.6. The summed E-state index contributed by atoms with van der Waals surface area (Å²) in [5.41, 5.74) is 1.63. The Morgan fingerprint density at radius 1 is 0.633 bits per heavy atom. The first kappa shape index (κ1) is 39.3. The van der Waals surface area contributed by atoms with Crippen LogP contribution in [0.3, 0.4) is 0 Å². The number of unbranched alkanes of at least 4 members (excludes halogenated alkanes) is 9. The number of hydrogen-bond donors (Lipinski definition) is 1. The molecule has 0 aromatic heterocycles. The molecule has 0 radical (unpaired) electrons. The third-order valence-corrected chi connectivity index (χ3v) is 8.56. The summed E-state index contributed by atoms with van der Waals surface area (Å²) in [6, 6.07) is 21.7. The maximum atomic E-state index is 12.7. The first-order valence-corrected chi connectivity index (χ1v) is 17.8. The molecule has 266 valence electrons. The number of carbonyl (C=O) groups excluding carboxylic acids is 3. The van der Waals surface area contributed by atoms with Crippen molar-refractivity contribution in [3.8, 4) is 28.4 Å². The molecule has 0 bridgehead atoms. The largest absolute Gasteiger partial charge is 0.494 e. The highest BCUT2D eigenvalue weighted by atomic mass is 16.5. The molecular formula is C41H54O8. The van der Waals surface area contributed by atoms with Gasteiger partial charge in [-0.1, -0.05) is 89.5 Å². The number of rotatable bonds is 22. The van der Waals surface area contributed by atoms with Crippen LogP contribution in [0.4, 0.5) is 0 Å². The monoisotopic (exact) mass is 674 g/mol. The molecule has 0 amide bonds. The molecule has 0 aliphatic carbocycles. The number of esters is 3. The Bertz CT molecular complexity index is 1410. The fourth-order valence-corrected chi connectivity index (χ4v) is 4.90. The van der Waals surface area contributed by atoms with Crippen molar-refractivity contribution in [3.05, 3.63) is 78.4 Å². The van der Waals surface area contributed by atoms with Crippen LogP contribution in [0.25, 0.3) is 11.1 Å². The minimum Gasteiger partial charge on any atom is -0.494 e. The van der Waals surface area contributed by atoms with Crippen LogP contribution in [0.2, 0.25) is 0 Å². The van der Waals surface area contributed by atoms with Crippen molar-refractivity contribution in [2.75, 3.05) is 19.8 Å². The zero-order chi connectivity index (χ0) is 35.5. The number of ether oxygens (including phenoxy) is 4. The summed E-state index contributed by atoms with van der Waals surface area (Å²) in [6.07, 6.45) is 12.1. The fraction of sp³-hybridized carbons (Fsp3) is 0.488. The Morgan fingerprint density at radius 3 is 1.59 bits per heavy atom. The second kappa shape index (κ2) is 21.0. The summed E-state index contributed by atoms with van der Waals surface area (Å²) >= 11 is 0. The first-order valence-electron chi connectivity index (χ1n) is 17.8. The Hall–Kier alpha value is -4.17. The highest BCUT2D eigenvalue weighted by Gasteiger charge is 2.28. The highest BCUT2D eigenvalue weighted by Crippen LogP contribution is 2.25. The molecule has 0 spiro atoms.